The van der Waals surface area contributed by atoms with Crippen LogP contribution in [0.1, 0.15) is 0 Å². The molecule has 7 heteroatoms. The van der Waals surface area contributed by atoms with Gasteiger partial charge >= 0.3 is 0 Å². The normalized spacial score (nSPS) is 11.0. The largest absolute Gasteiger partial charge is 0.264 e. The fraction of sp³-hybridized carbons (Fsp3) is 0. The van der Waals surface area contributed by atoms with Crippen LogP contribution < -0.4 is 0 Å². The molecule has 0 bridgehead atoms. The number of aromatic nitrogens is 7. The second-order valence-corrected chi connectivity index (χ2v) is 10.7. The van der Waals surface area contributed by atoms with Crippen molar-refractivity contribution in [1.29, 1.82) is 0 Å². The third kappa shape index (κ3) is 5.37. The summed E-state index contributed by atoms with van der Waals surface area (Å²) >= 11 is 0. The van der Waals surface area contributed by atoms with Gasteiger partial charge in [0.15, 0.2) is 17.5 Å². The van der Waals surface area contributed by atoms with Crippen LogP contribution in [-0.4, -0.2) is 34.9 Å². The third-order valence-corrected chi connectivity index (χ3v) is 7.66. The maximum Gasteiger partial charge on any atom is 0.164 e. The molecule has 8 aromatic rings. The summed E-state index contributed by atoms with van der Waals surface area (Å²) < 4.78 is 0. The summed E-state index contributed by atoms with van der Waals surface area (Å²) in [4.78, 5) is 33.7. The Balaban J connectivity index is 1.23. The molecule has 0 fully saturated rings. The summed E-state index contributed by atoms with van der Waals surface area (Å²) in [6.07, 6.45) is 5.32. The molecule has 4 aromatic heterocycles. The first-order valence-electron chi connectivity index (χ1n) is 14.9. The highest BCUT2D eigenvalue weighted by molar-refractivity contribution is 5.88. The van der Waals surface area contributed by atoms with E-state index in [0.29, 0.717) is 23.2 Å². The second-order valence-electron chi connectivity index (χ2n) is 10.7. The van der Waals surface area contributed by atoms with Crippen LogP contribution in [0.2, 0.25) is 0 Å². The lowest BCUT2D eigenvalue weighted by Crippen LogP contribution is -2.00. The first kappa shape index (κ1) is 27.1. The molecule has 4 aromatic carbocycles. The highest BCUT2D eigenvalue weighted by atomic mass is 15.0. The molecule has 0 aliphatic heterocycles. The van der Waals surface area contributed by atoms with E-state index in [-0.39, 0.29) is 0 Å². The number of nitrogens with zero attached hydrogens (tertiary/aromatic N) is 7. The van der Waals surface area contributed by atoms with Gasteiger partial charge in [0.25, 0.3) is 0 Å². The van der Waals surface area contributed by atoms with Gasteiger partial charge in [-0.15, -0.1) is 0 Å². The Hall–Kier alpha value is -6.47. The van der Waals surface area contributed by atoms with E-state index in [2.05, 4.69) is 34.2 Å². The van der Waals surface area contributed by atoms with Crippen molar-refractivity contribution < 1.29 is 0 Å². The average Bonchev–Trinajstić information content (AvgIpc) is 3.15. The van der Waals surface area contributed by atoms with Gasteiger partial charge in [-0.05, 0) is 53.6 Å². The van der Waals surface area contributed by atoms with Gasteiger partial charge in [-0.3, -0.25) is 9.97 Å². The van der Waals surface area contributed by atoms with Crippen LogP contribution in [0.25, 0.3) is 79.0 Å². The Labute approximate surface area is 265 Å². The molecule has 0 saturated heterocycles. The maximum absolute atomic E-state index is 5.09. The minimum Gasteiger partial charge on any atom is -0.264 e. The maximum atomic E-state index is 5.09. The van der Waals surface area contributed by atoms with Crippen molar-refractivity contribution in [2.24, 2.45) is 0 Å². The van der Waals surface area contributed by atoms with E-state index in [0.717, 1.165) is 55.8 Å². The number of fused-ring (bicyclic) bond motifs is 1. The molecule has 0 amide bonds. The molecule has 0 aliphatic carbocycles. The van der Waals surface area contributed by atoms with Crippen molar-refractivity contribution in [3.05, 3.63) is 152 Å². The molecule has 0 atom stereocenters. The van der Waals surface area contributed by atoms with E-state index in [9.17, 15) is 0 Å². The van der Waals surface area contributed by atoms with Crippen LogP contribution in [0.5, 0.6) is 0 Å². The van der Waals surface area contributed by atoms with Crippen LogP contribution in [0.15, 0.2) is 152 Å². The Morgan fingerprint density at radius 2 is 0.957 bits per heavy atom. The molecular formula is C39H25N7. The molecule has 8 rings (SSSR count). The lowest BCUT2D eigenvalue weighted by Gasteiger charge is -2.11. The van der Waals surface area contributed by atoms with Crippen molar-refractivity contribution in [3.63, 3.8) is 0 Å². The Morgan fingerprint density at radius 1 is 0.348 bits per heavy atom. The molecule has 0 spiro atoms. The number of hydrogen-bond acceptors (Lipinski definition) is 7. The molecule has 0 unspecified atom stereocenters. The van der Waals surface area contributed by atoms with Crippen LogP contribution >= 0.6 is 0 Å². The second kappa shape index (κ2) is 11.9. The molecule has 216 valence electrons. The molecular weight excluding hydrogens is 566 g/mol. The topological polar surface area (TPSA) is 90.2 Å². The lowest BCUT2D eigenvalue weighted by atomic mass is 10.0. The van der Waals surface area contributed by atoms with Gasteiger partial charge in [0, 0.05) is 40.8 Å². The Bertz CT molecular complexity index is 2240. The SMILES string of the molecule is c1ccc(-c2nc(-c3ccccc3)nc(-c3cccc(-c4ccc5nc(-c6cccnc6)c(-c6ccccn6)nc5c4)c3)n2)cc1. The van der Waals surface area contributed by atoms with Crippen LogP contribution in [0, 0.1) is 0 Å². The van der Waals surface area contributed by atoms with E-state index in [4.69, 9.17) is 24.9 Å². The fourth-order valence-corrected chi connectivity index (χ4v) is 5.39. The number of benzene rings is 4. The third-order valence-electron chi connectivity index (χ3n) is 7.66. The van der Waals surface area contributed by atoms with E-state index in [1.807, 2.05) is 109 Å². The van der Waals surface area contributed by atoms with Crippen LogP contribution in [0.3, 0.4) is 0 Å². The van der Waals surface area contributed by atoms with E-state index < -0.39 is 0 Å². The van der Waals surface area contributed by atoms with Crippen LogP contribution in [0.4, 0.5) is 0 Å². The summed E-state index contributed by atoms with van der Waals surface area (Å²) in [6.45, 7) is 0. The van der Waals surface area contributed by atoms with Gasteiger partial charge < -0.3 is 0 Å². The minimum absolute atomic E-state index is 0.605. The Kier molecular flexibility index (Phi) is 7.01. The van der Waals surface area contributed by atoms with E-state index in [1.54, 1.807) is 18.6 Å². The minimum atomic E-state index is 0.605. The number of pyridine rings is 2. The number of rotatable bonds is 6. The molecule has 46 heavy (non-hydrogen) atoms. The Morgan fingerprint density at radius 3 is 1.63 bits per heavy atom. The summed E-state index contributed by atoms with van der Waals surface area (Å²) in [6, 6.07) is 44.1. The summed E-state index contributed by atoms with van der Waals surface area (Å²) in [5, 5.41) is 0. The van der Waals surface area contributed by atoms with Crippen molar-refractivity contribution >= 4 is 11.0 Å². The summed E-state index contributed by atoms with van der Waals surface area (Å²) in [5.74, 6) is 1.86. The first-order chi connectivity index (χ1) is 22.8. The predicted molar refractivity (Wildman–Crippen MR) is 181 cm³/mol. The van der Waals surface area contributed by atoms with Gasteiger partial charge in [-0.1, -0.05) is 91.0 Å². The smallest absolute Gasteiger partial charge is 0.164 e. The van der Waals surface area contributed by atoms with Crippen molar-refractivity contribution in [1.82, 2.24) is 34.9 Å². The van der Waals surface area contributed by atoms with Crippen molar-refractivity contribution in [2.45, 2.75) is 0 Å². The molecule has 0 aliphatic rings. The summed E-state index contributed by atoms with van der Waals surface area (Å²) in [7, 11) is 0. The quantitative estimate of drug-likeness (QED) is 0.191. The van der Waals surface area contributed by atoms with Crippen LogP contribution in [-0.2, 0) is 0 Å². The molecule has 0 radical (unpaired) electrons. The standard InChI is InChI=1S/C39H25N7/c1-3-11-26(12-4-1)37-44-38(27-13-5-2-6-14-27)46-39(45-37)30-16-9-15-28(23-30)29-19-20-32-34(24-29)43-36(33-18-7-8-22-41-33)35(42-32)31-17-10-21-40-25-31/h1-25H. The monoisotopic (exact) mass is 591 g/mol. The predicted octanol–water partition coefficient (Wildman–Crippen LogP) is 8.61. The summed E-state index contributed by atoms with van der Waals surface area (Å²) in [5.41, 5.74) is 9.42. The zero-order chi connectivity index (χ0) is 30.7. The molecule has 0 saturated carbocycles. The van der Waals surface area contributed by atoms with Crippen molar-refractivity contribution in [2.75, 3.05) is 0 Å². The zero-order valence-electron chi connectivity index (χ0n) is 24.6. The number of hydrogen-bond donors (Lipinski definition) is 0. The van der Waals surface area contributed by atoms with Crippen molar-refractivity contribution in [3.8, 4) is 67.9 Å². The molecule has 0 N–H and O–H groups in total. The average molecular weight is 592 g/mol. The van der Waals surface area contributed by atoms with Gasteiger partial charge in [-0.2, -0.15) is 0 Å². The first-order valence-corrected chi connectivity index (χ1v) is 14.9. The molecule has 4 heterocycles. The lowest BCUT2D eigenvalue weighted by molar-refractivity contribution is 1.07. The molecule has 7 nitrogen and oxygen atoms in total. The highest BCUT2D eigenvalue weighted by Crippen LogP contribution is 2.33. The van der Waals surface area contributed by atoms with Gasteiger partial charge in [0.1, 0.15) is 11.4 Å². The zero-order valence-corrected chi connectivity index (χ0v) is 24.6. The van der Waals surface area contributed by atoms with Gasteiger partial charge in [-0.25, -0.2) is 24.9 Å². The fourth-order valence-electron chi connectivity index (χ4n) is 5.39. The van der Waals surface area contributed by atoms with E-state index in [1.165, 1.54) is 0 Å². The highest BCUT2D eigenvalue weighted by Gasteiger charge is 2.16. The van der Waals surface area contributed by atoms with Gasteiger partial charge in [0.2, 0.25) is 0 Å². The van der Waals surface area contributed by atoms with E-state index >= 15 is 0 Å². The van der Waals surface area contributed by atoms with Gasteiger partial charge in [0.05, 0.1) is 16.7 Å².